The first-order valence-corrected chi connectivity index (χ1v) is 6.55. The molecule has 1 aromatic carbocycles. The molecule has 9 heteroatoms. The lowest BCUT2D eigenvalue weighted by molar-refractivity contribution is -0.152. The standard InChI is InChI=1S/C14H13F3O6/c15-14(16,17)8-3-1-2-7(4-8)6-22-12-10(20)13(21)23-11(12)9(19)5-18/h1-4,9,11-12,18-19H,5-6H2/t9-,11+,12?/m0/s1. The number of Topliss-reactive ketones (excluding diaryl/α,β-unsaturated/α-hetero) is 1. The second-order valence-corrected chi connectivity index (χ2v) is 4.91. The quantitative estimate of drug-likeness (QED) is 0.599. The summed E-state index contributed by atoms with van der Waals surface area (Å²) in [4.78, 5) is 22.8. The van der Waals surface area contributed by atoms with Crippen LogP contribution in [-0.4, -0.2) is 46.9 Å². The molecule has 1 unspecified atom stereocenters. The highest BCUT2D eigenvalue weighted by molar-refractivity contribution is 6.37. The fraction of sp³-hybridized carbons (Fsp3) is 0.429. The van der Waals surface area contributed by atoms with Gasteiger partial charge in [-0.25, -0.2) is 4.79 Å². The highest BCUT2D eigenvalue weighted by Gasteiger charge is 2.47. The lowest BCUT2D eigenvalue weighted by Gasteiger charge is -2.20. The van der Waals surface area contributed by atoms with E-state index in [1.165, 1.54) is 12.1 Å². The van der Waals surface area contributed by atoms with Crippen molar-refractivity contribution in [3.63, 3.8) is 0 Å². The van der Waals surface area contributed by atoms with Crippen LogP contribution >= 0.6 is 0 Å². The summed E-state index contributed by atoms with van der Waals surface area (Å²) in [5, 5.41) is 18.4. The fourth-order valence-corrected chi connectivity index (χ4v) is 2.09. The lowest BCUT2D eigenvalue weighted by atomic mass is 10.1. The summed E-state index contributed by atoms with van der Waals surface area (Å²) in [7, 11) is 0. The van der Waals surface area contributed by atoms with E-state index in [1.807, 2.05) is 0 Å². The Kier molecular flexibility index (Phi) is 5.03. The zero-order valence-corrected chi connectivity index (χ0v) is 11.6. The molecule has 0 amide bonds. The summed E-state index contributed by atoms with van der Waals surface area (Å²) >= 11 is 0. The van der Waals surface area contributed by atoms with E-state index < -0.39 is 55.0 Å². The van der Waals surface area contributed by atoms with E-state index in [4.69, 9.17) is 9.84 Å². The normalized spacial score (nSPS) is 23.0. The molecule has 1 heterocycles. The fourth-order valence-electron chi connectivity index (χ4n) is 2.09. The Morgan fingerprint density at radius 3 is 2.61 bits per heavy atom. The third kappa shape index (κ3) is 3.87. The number of carbonyl (C=O) groups excluding carboxylic acids is 2. The second-order valence-electron chi connectivity index (χ2n) is 4.91. The van der Waals surface area contributed by atoms with Crippen molar-refractivity contribution in [3.8, 4) is 0 Å². The topological polar surface area (TPSA) is 93.1 Å². The van der Waals surface area contributed by atoms with Crippen molar-refractivity contribution in [2.45, 2.75) is 31.1 Å². The Balaban J connectivity index is 2.10. The second kappa shape index (κ2) is 6.65. The van der Waals surface area contributed by atoms with Gasteiger partial charge in [0.25, 0.3) is 5.78 Å². The number of ether oxygens (including phenoxy) is 2. The van der Waals surface area contributed by atoms with E-state index in [0.717, 1.165) is 12.1 Å². The molecule has 0 aromatic heterocycles. The predicted octanol–water partition coefficient (Wildman–Crippen LogP) is 0.438. The van der Waals surface area contributed by atoms with Crippen LogP contribution in [0.3, 0.4) is 0 Å². The smallest absolute Gasteiger partial charge is 0.416 e. The first-order valence-electron chi connectivity index (χ1n) is 6.55. The highest BCUT2D eigenvalue weighted by atomic mass is 19.4. The van der Waals surface area contributed by atoms with Crippen molar-refractivity contribution in [2.24, 2.45) is 0 Å². The maximum atomic E-state index is 12.6. The molecule has 1 aliphatic heterocycles. The molecule has 0 spiro atoms. The van der Waals surface area contributed by atoms with Crippen molar-refractivity contribution in [1.29, 1.82) is 0 Å². The third-order valence-corrected chi connectivity index (χ3v) is 3.25. The molecule has 6 nitrogen and oxygen atoms in total. The molecule has 126 valence electrons. The van der Waals surface area contributed by atoms with E-state index in [2.05, 4.69) is 4.74 Å². The average molecular weight is 334 g/mol. The Bertz CT molecular complexity index is 600. The number of aliphatic hydroxyl groups is 2. The summed E-state index contributed by atoms with van der Waals surface area (Å²) in [6.45, 7) is -1.17. The van der Waals surface area contributed by atoms with Gasteiger partial charge in [-0.1, -0.05) is 12.1 Å². The van der Waals surface area contributed by atoms with Crippen LogP contribution < -0.4 is 0 Å². The number of hydrogen-bond acceptors (Lipinski definition) is 6. The molecule has 23 heavy (non-hydrogen) atoms. The Morgan fingerprint density at radius 1 is 1.30 bits per heavy atom. The van der Waals surface area contributed by atoms with Gasteiger partial charge in [0.2, 0.25) is 0 Å². The molecule has 0 saturated carbocycles. The zero-order chi connectivity index (χ0) is 17.2. The molecule has 0 aliphatic carbocycles. The first kappa shape index (κ1) is 17.4. The molecule has 0 bridgehead atoms. The summed E-state index contributed by atoms with van der Waals surface area (Å²) in [5.41, 5.74) is -0.750. The monoisotopic (exact) mass is 334 g/mol. The van der Waals surface area contributed by atoms with Crippen molar-refractivity contribution >= 4 is 11.8 Å². The number of aliphatic hydroxyl groups excluding tert-OH is 2. The highest BCUT2D eigenvalue weighted by Crippen LogP contribution is 2.30. The van der Waals surface area contributed by atoms with Gasteiger partial charge in [0.05, 0.1) is 18.8 Å². The van der Waals surface area contributed by atoms with Crippen molar-refractivity contribution < 1.29 is 42.4 Å². The molecule has 1 aliphatic rings. The zero-order valence-electron chi connectivity index (χ0n) is 11.6. The van der Waals surface area contributed by atoms with E-state index >= 15 is 0 Å². The van der Waals surface area contributed by atoms with Crippen LogP contribution in [0, 0.1) is 0 Å². The number of halogens is 3. The molecule has 2 rings (SSSR count). The van der Waals surface area contributed by atoms with Crippen LogP contribution in [0.15, 0.2) is 24.3 Å². The van der Waals surface area contributed by atoms with Gasteiger partial charge in [-0.15, -0.1) is 0 Å². The number of carbonyl (C=O) groups is 2. The molecule has 2 N–H and O–H groups in total. The van der Waals surface area contributed by atoms with Gasteiger partial charge in [0.15, 0.2) is 12.2 Å². The predicted molar refractivity (Wildman–Crippen MR) is 68.0 cm³/mol. The molecular formula is C14H13F3O6. The van der Waals surface area contributed by atoms with Crippen LogP contribution in [0.1, 0.15) is 11.1 Å². The molecule has 0 radical (unpaired) electrons. The minimum Gasteiger partial charge on any atom is -0.450 e. The van der Waals surface area contributed by atoms with Gasteiger partial charge in [0, 0.05) is 0 Å². The average Bonchev–Trinajstić information content (AvgIpc) is 2.79. The largest absolute Gasteiger partial charge is 0.450 e. The number of hydrogen-bond donors (Lipinski definition) is 2. The summed E-state index contributed by atoms with van der Waals surface area (Å²) < 4.78 is 47.6. The van der Waals surface area contributed by atoms with Crippen LogP contribution in [0.25, 0.3) is 0 Å². The number of esters is 1. The molecule has 3 atom stereocenters. The van der Waals surface area contributed by atoms with Crippen LogP contribution in [0.2, 0.25) is 0 Å². The van der Waals surface area contributed by atoms with Gasteiger partial charge >= 0.3 is 12.1 Å². The van der Waals surface area contributed by atoms with Crippen molar-refractivity contribution in [1.82, 2.24) is 0 Å². The number of rotatable bonds is 5. The minimum absolute atomic E-state index is 0.129. The van der Waals surface area contributed by atoms with Crippen molar-refractivity contribution in [2.75, 3.05) is 6.61 Å². The number of benzene rings is 1. The van der Waals surface area contributed by atoms with E-state index in [-0.39, 0.29) is 5.56 Å². The molecular weight excluding hydrogens is 321 g/mol. The van der Waals surface area contributed by atoms with Gasteiger partial charge in [-0.3, -0.25) is 4.79 Å². The third-order valence-electron chi connectivity index (χ3n) is 3.25. The van der Waals surface area contributed by atoms with Crippen LogP contribution in [-0.2, 0) is 31.8 Å². The number of ketones is 1. The Labute approximate surface area is 128 Å². The van der Waals surface area contributed by atoms with E-state index in [1.54, 1.807) is 0 Å². The van der Waals surface area contributed by atoms with E-state index in [0.29, 0.717) is 0 Å². The summed E-state index contributed by atoms with van der Waals surface area (Å²) in [6, 6.07) is 4.27. The van der Waals surface area contributed by atoms with Gasteiger partial charge in [-0.05, 0) is 17.7 Å². The minimum atomic E-state index is -4.52. The summed E-state index contributed by atoms with van der Waals surface area (Å²) in [5.74, 6) is -2.29. The van der Waals surface area contributed by atoms with Crippen molar-refractivity contribution in [3.05, 3.63) is 35.4 Å². The maximum Gasteiger partial charge on any atom is 0.416 e. The van der Waals surface area contributed by atoms with E-state index in [9.17, 15) is 27.9 Å². The molecule has 1 aromatic rings. The lowest BCUT2D eigenvalue weighted by Crippen LogP contribution is -2.40. The van der Waals surface area contributed by atoms with Crippen LogP contribution in [0.5, 0.6) is 0 Å². The van der Waals surface area contributed by atoms with Crippen LogP contribution in [0.4, 0.5) is 13.2 Å². The van der Waals surface area contributed by atoms with Gasteiger partial charge in [0.1, 0.15) is 6.10 Å². The Morgan fingerprint density at radius 2 is 2.00 bits per heavy atom. The maximum absolute atomic E-state index is 12.6. The number of cyclic esters (lactones) is 1. The summed E-state index contributed by atoms with van der Waals surface area (Å²) in [6.07, 6.45) is -8.93. The number of alkyl halides is 3. The SMILES string of the molecule is O=C1O[C@H]([C@@H](O)CO)C(OCc2cccc(C(F)(F)F)c2)C1=O. The first-order chi connectivity index (χ1) is 10.7. The Hall–Kier alpha value is -1.97. The molecule has 1 fully saturated rings. The van der Waals surface area contributed by atoms with Gasteiger partial charge < -0.3 is 19.7 Å². The van der Waals surface area contributed by atoms with Gasteiger partial charge in [-0.2, -0.15) is 13.2 Å². The molecule has 1 saturated heterocycles.